The van der Waals surface area contributed by atoms with Crippen LogP contribution in [0.2, 0.25) is 0 Å². The van der Waals surface area contributed by atoms with Crippen molar-refractivity contribution in [3.8, 4) is 21.7 Å². The van der Waals surface area contributed by atoms with Crippen LogP contribution >= 0.6 is 11.5 Å². The van der Waals surface area contributed by atoms with Crippen molar-refractivity contribution >= 4 is 35.2 Å². The Kier molecular flexibility index (Phi) is 5.84. The van der Waals surface area contributed by atoms with E-state index in [0.717, 1.165) is 26.6 Å². The molecule has 1 fully saturated rings. The molecule has 37 heavy (non-hydrogen) atoms. The van der Waals surface area contributed by atoms with E-state index in [1.54, 1.807) is 12.4 Å². The third-order valence-electron chi connectivity index (χ3n) is 6.80. The van der Waals surface area contributed by atoms with Crippen molar-refractivity contribution in [2.24, 2.45) is 0 Å². The lowest BCUT2D eigenvalue weighted by atomic mass is 10.0. The summed E-state index contributed by atoms with van der Waals surface area (Å²) in [5, 5.41) is 2.99. The molecule has 3 aromatic rings. The van der Waals surface area contributed by atoms with Crippen LogP contribution in [0.15, 0.2) is 60.1 Å². The standard InChI is InChI=1S/C26H22N6O4S/c33-21-7-6-19(23(34)29-21)32-25(35)18-5-2-12-31(22(18)26(32)36)14-20-28-24(37-30-20)17-4-1-3-16(13-17)15-8-10-27-11-9-15/h1,3-4,8-11,13,19H,2,5-7,12,14H2,(H,29,33,34). The first-order chi connectivity index (χ1) is 18.0. The summed E-state index contributed by atoms with van der Waals surface area (Å²) in [6.45, 7) is 0.856. The molecule has 11 heteroatoms. The van der Waals surface area contributed by atoms with Gasteiger partial charge in [-0.15, -0.1) is 0 Å². The van der Waals surface area contributed by atoms with E-state index in [2.05, 4.69) is 20.7 Å². The van der Waals surface area contributed by atoms with Gasteiger partial charge in [-0.3, -0.25) is 34.4 Å². The van der Waals surface area contributed by atoms with Gasteiger partial charge < -0.3 is 4.90 Å². The fraction of sp³-hybridized carbons (Fsp3) is 0.269. The van der Waals surface area contributed by atoms with Crippen molar-refractivity contribution < 1.29 is 19.2 Å². The number of piperidine rings is 1. The maximum Gasteiger partial charge on any atom is 0.278 e. The predicted octanol–water partition coefficient (Wildman–Crippen LogP) is 2.29. The highest BCUT2D eigenvalue weighted by molar-refractivity contribution is 7.09. The smallest absolute Gasteiger partial charge is 0.278 e. The number of hydrogen-bond donors (Lipinski definition) is 1. The first-order valence-corrected chi connectivity index (χ1v) is 12.8. The van der Waals surface area contributed by atoms with Gasteiger partial charge in [0.05, 0.1) is 6.54 Å². The average Bonchev–Trinajstić information content (AvgIpc) is 3.48. The predicted molar refractivity (Wildman–Crippen MR) is 133 cm³/mol. The van der Waals surface area contributed by atoms with Crippen LogP contribution < -0.4 is 5.32 Å². The topological polar surface area (TPSA) is 125 Å². The number of carbonyl (C=O) groups excluding carboxylic acids is 4. The third-order valence-corrected chi connectivity index (χ3v) is 7.60. The van der Waals surface area contributed by atoms with E-state index in [4.69, 9.17) is 4.98 Å². The number of nitrogens with zero attached hydrogens (tertiary/aromatic N) is 5. The van der Waals surface area contributed by atoms with Gasteiger partial charge in [0.2, 0.25) is 11.8 Å². The van der Waals surface area contributed by atoms with Crippen LogP contribution in [0.3, 0.4) is 0 Å². The highest BCUT2D eigenvalue weighted by atomic mass is 32.1. The summed E-state index contributed by atoms with van der Waals surface area (Å²) in [6, 6.07) is 11.0. The minimum Gasteiger partial charge on any atom is -0.359 e. The number of imide groups is 2. The monoisotopic (exact) mass is 514 g/mol. The zero-order valence-corrected chi connectivity index (χ0v) is 20.5. The molecule has 1 saturated heterocycles. The molecule has 0 radical (unpaired) electrons. The Hall–Kier alpha value is -4.25. The maximum atomic E-state index is 13.4. The molecule has 1 N–H and O–H groups in total. The molecular weight excluding hydrogens is 492 g/mol. The van der Waals surface area contributed by atoms with Crippen molar-refractivity contribution in [3.63, 3.8) is 0 Å². The molecule has 0 bridgehead atoms. The largest absolute Gasteiger partial charge is 0.359 e. The van der Waals surface area contributed by atoms with Crippen LogP contribution in [0, 0.1) is 0 Å². The van der Waals surface area contributed by atoms with E-state index in [1.165, 1.54) is 11.5 Å². The molecule has 5 heterocycles. The van der Waals surface area contributed by atoms with E-state index < -0.39 is 29.7 Å². The molecule has 1 unspecified atom stereocenters. The Morgan fingerprint density at radius 1 is 0.973 bits per heavy atom. The maximum absolute atomic E-state index is 13.4. The van der Waals surface area contributed by atoms with Gasteiger partial charge in [-0.2, -0.15) is 4.37 Å². The zero-order chi connectivity index (χ0) is 25.5. The van der Waals surface area contributed by atoms with Crippen molar-refractivity contribution in [2.45, 2.75) is 38.3 Å². The number of nitrogens with one attached hydrogen (secondary N) is 1. The number of amides is 4. The molecule has 3 aliphatic rings. The van der Waals surface area contributed by atoms with Crippen LogP contribution in [0.5, 0.6) is 0 Å². The SMILES string of the molecule is O=C1CCC(N2C(=O)C3=C(C2=O)N(Cc2nsc(-c4cccc(-c5ccncc5)c4)n2)CCC3)C(=O)N1. The second-order valence-corrected chi connectivity index (χ2v) is 9.88. The van der Waals surface area contributed by atoms with Gasteiger partial charge in [0.25, 0.3) is 11.8 Å². The van der Waals surface area contributed by atoms with Gasteiger partial charge in [-0.25, -0.2) is 4.98 Å². The lowest BCUT2D eigenvalue weighted by molar-refractivity contribution is -0.150. The molecule has 6 rings (SSSR count). The zero-order valence-electron chi connectivity index (χ0n) is 19.7. The summed E-state index contributed by atoms with van der Waals surface area (Å²) < 4.78 is 4.52. The molecule has 0 aliphatic carbocycles. The molecule has 10 nitrogen and oxygen atoms in total. The van der Waals surface area contributed by atoms with Crippen molar-refractivity contribution in [3.05, 3.63) is 65.9 Å². The molecule has 0 spiro atoms. The highest BCUT2D eigenvalue weighted by Gasteiger charge is 2.48. The lowest BCUT2D eigenvalue weighted by Gasteiger charge is -2.30. The minimum atomic E-state index is -0.971. The molecule has 1 atom stereocenters. The van der Waals surface area contributed by atoms with Crippen LogP contribution in [0.1, 0.15) is 31.5 Å². The number of carbonyl (C=O) groups is 4. The van der Waals surface area contributed by atoms with Gasteiger partial charge in [-0.05, 0) is 60.1 Å². The first-order valence-electron chi connectivity index (χ1n) is 12.0. The van der Waals surface area contributed by atoms with E-state index in [9.17, 15) is 19.2 Å². The molecule has 3 aliphatic heterocycles. The minimum absolute atomic E-state index is 0.0930. The summed E-state index contributed by atoms with van der Waals surface area (Å²) in [5.74, 6) is -1.38. The van der Waals surface area contributed by atoms with E-state index in [1.807, 2.05) is 35.2 Å². The van der Waals surface area contributed by atoms with Crippen LogP contribution in [0.4, 0.5) is 0 Å². The number of benzene rings is 1. The summed E-state index contributed by atoms with van der Waals surface area (Å²) >= 11 is 1.28. The number of hydrogen-bond acceptors (Lipinski definition) is 9. The summed E-state index contributed by atoms with van der Waals surface area (Å²) in [5.41, 5.74) is 3.77. The fourth-order valence-corrected chi connectivity index (χ4v) is 5.71. The second-order valence-electron chi connectivity index (χ2n) is 9.13. The van der Waals surface area contributed by atoms with Gasteiger partial charge in [0, 0.05) is 36.5 Å². The number of pyridine rings is 1. The van der Waals surface area contributed by atoms with Gasteiger partial charge >= 0.3 is 0 Å². The Labute approximate surface area is 216 Å². The normalized spacial score (nSPS) is 19.9. The summed E-state index contributed by atoms with van der Waals surface area (Å²) in [7, 11) is 0. The van der Waals surface area contributed by atoms with Crippen LogP contribution in [-0.2, 0) is 25.7 Å². The van der Waals surface area contributed by atoms with Gasteiger partial charge in [0.15, 0.2) is 5.82 Å². The number of aromatic nitrogens is 3. The molecule has 1 aromatic carbocycles. The first kappa shape index (κ1) is 23.2. The number of rotatable bonds is 5. The van der Waals surface area contributed by atoms with Gasteiger partial charge in [-0.1, -0.05) is 18.2 Å². The van der Waals surface area contributed by atoms with Crippen LogP contribution in [-0.4, -0.2) is 60.4 Å². The van der Waals surface area contributed by atoms with Crippen molar-refractivity contribution in [1.82, 2.24) is 29.5 Å². The Morgan fingerprint density at radius 2 is 1.78 bits per heavy atom. The molecule has 4 amide bonds. The summed E-state index contributed by atoms with van der Waals surface area (Å²) in [6.07, 6.45) is 4.91. The Balaban J connectivity index is 1.22. The van der Waals surface area contributed by atoms with E-state index >= 15 is 0 Å². The van der Waals surface area contributed by atoms with Crippen LogP contribution in [0.25, 0.3) is 21.7 Å². The second kappa shape index (κ2) is 9.32. The van der Waals surface area contributed by atoms with Crippen molar-refractivity contribution in [1.29, 1.82) is 0 Å². The molecule has 0 saturated carbocycles. The average molecular weight is 515 g/mol. The molecule has 186 valence electrons. The molecule has 2 aromatic heterocycles. The summed E-state index contributed by atoms with van der Waals surface area (Å²) in [4.78, 5) is 62.1. The van der Waals surface area contributed by atoms with E-state index in [0.29, 0.717) is 36.5 Å². The quantitative estimate of drug-likeness (QED) is 0.514. The Bertz CT molecular complexity index is 1470. The van der Waals surface area contributed by atoms with E-state index in [-0.39, 0.29) is 19.4 Å². The van der Waals surface area contributed by atoms with Crippen molar-refractivity contribution in [2.75, 3.05) is 6.54 Å². The third kappa shape index (κ3) is 4.20. The highest BCUT2D eigenvalue weighted by Crippen LogP contribution is 2.35. The lowest BCUT2D eigenvalue weighted by Crippen LogP contribution is -2.55. The van der Waals surface area contributed by atoms with Gasteiger partial charge in [0.1, 0.15) is 16.7 Å². The molecular formula is C26H22N6O4S. The fourth-order valence-electron chi connectivity index (χ4n) is 5.04. The Morgan fingerprint density at radius 3 is 2.59 bits per heavy atom.